The molecule has 31 heavy (non-hydrogen) atoms. The highest BCUT2D eigenvalue weighted by Gasteiger charge is 2.20. The molecular weight excluding hydrogens is 408 g/mol. The van der Waals surface area contributed by atoms with Crippen LogP contribution < -0.4 is 14.4 Å². The van der Waals surface area contributed by atoms with Gasteiger partial charge in [0.15, 0.2) is 0 Å². The van der Waals surface area contributed by atoms with Gasteiger partial charge in [-0.3, -0.25) is 4.72 Å². The van der Waals surface area contributed by atoms with Crippen molar-refractivity contribution in [1.29, 1.82) is 0 Å². The molecule has 0 radical (unpaired) electrons. The Morgan fingerprint density at radius 2 is 1.55 bits per heavy atom. The molecular formula is C25H30N2O3S. The predicted octanol–water partition coefficient (Wildman–Crippen LogP) is 5.24. The fourth-order valence-electron chi connectivity index (χ4n) is 3.55. The highest BCUT2D eigenvalue weighted by Crippen LogP contribution is 2.27. The third-order valence-corrected chi connectivity index (χ3v) is 6.80. The molecule has 164 valence electrons. The van der Waals surface area contributed by atoms with E-state index in [4.69, 9.17) is 4.74 Å². The van der Waals surface area contributed by atoms with E-state index < -0.39 is 10.0 Å². The highest BCUT2D eigenvalue weighted by atomic mass is 32.2. The van der Waals surface area contributed by atoms with Crippen LogP contribution in [0.5, 0.6) is 5.75 Å². The van der Waals surface area contributed by atoms with Crippen molar-refractivity contribution in [2.24, 2.45) is 0 Å². The summed E-state index contributed by atoms with van der Waals surface area (Å²) in [4.78, 5) is 2.53. The number of nitrogens with zero attached hydrogens (tertiary/aromatic N) is 1. The fourth-order valence-corrected chi connectivity index (χ4v) is 4.83. The second-order valence-electron chi connectivity index (χ2n) is 7.46. The van der Waals surface area contributed by atoms with E-state index in [2.05, 4.69) is 47.7 Å². The van der Waals surface area contributed by atoms with Crippen molar-refractivity contribution in [1.82, 2.24) is 0 Å². The van der Waals surface area contributed by atoms with Crippen molar-refractivity contribution < 1.29 is 13.2 Å². The van der Waals surface area contributed by atoms with Gasteiger partial charge >= 0.3 is 0 Å². The molecule has 0 spiro atoms. The van der Waals surface area contributed by atoms with Gasteiger partial charge < -0.3 is 9.64 Å². The average molecular weight is 439 g/mol. The molecule has 0 atom stereocenters. The van der Waals surface area contributed by atoms with E-state index in [9.17, 15) is 8.42 Å². The van der Waals surface area contributed by atoms with E-state index in [-0.39, 0.29) is 4.90 Å². The fraction of sp³-hybridized carbons (Fsp3) is 0.280. The van der Waals surface area contributed by atoms with Crippen LogP contribution in [0.1, 0.15) is 30.5 Å². The van der Waals surface area contributed by atoms with Crippen LogP contribution in [0.2, 0.25) is 0 Å². The van der Waals surface area contributed by atoms with Gasteiger partial charge in [-0.1, -0.05) is 29.8 Å². The van der Waals surface area contributed by atoms with Crippen LogP contribution in [-0.4, -0.2) is 28.6 Å². The lowest BCUT2D eigenvalue weighted by atomic mass is 10.0. The quantitative estimate of drug-likeness (QED) is 0.496. The molecule has 0 fully saturated rings. The lowest BCUT2D eigenvalue weighted by molar-refractivity contribution is 0.414. The second-order valence-corrected chi connectivity index (χ2v) is 9.11. The van der Waals surface area contributed by atoms with Crippen LogP contribution in [0.25, 0.3) is 0 Å². The summed E-state index contributed by atoms with van der Waals surface area (Å²) in [5, 5.41) is 0. The molecule has 1 N–H and O–H groups in total. The van der Waals surface area contributed by atoms with Crippen molar-refractivity contribution in [3.63, 3.8) is 0 Å². The van der Waals surface area contributed by atoms with Crippen LogP contribution in [0, 0.1) is 6.92 Å². The minimum absolute atomic E-state index is 0.252. The molecule has 0 aromatic heterocycles. The van der Waals surface area contributed by atoms with Crippen LogP contribution in [-0.2, 0) is 16.4 Å². The topological polar surface area (TPSA) is 58.6 Å². The molecule has 0 saturated heterocycles. The van der Waals surface area contributed by atoms with Gasteiger partial charge in [0.2, 0.25) is 0 Å². The third-order valence-electron chi connectivity index (χ3n) is 5.32. The number of rotatable bonds is 9. The van der Waals surface area contributed by atoms with E-state index in [1.54, 1.807) is 37.4 Å². The zero-order valence-corrected chi connectivity index (χ0v) is 19.4. The van der Waals surface area contributed by atoms with Crippen LogP contribution >= 0.6 is 0 Å². The number of anilines is 2. The Bertz CT molecular complexity index is 1100. The Balaban J connectivity index is 1.92. The normalized spacial score (nSPS) is 11.2. The lowest BCUT2D eigenvalue weighted by Gasteiger charge is -2.21. The number of sulfonamides is 1. The maximum atomic E-state index is 13.2. The Labute approximate surface area is 185 Å². The number of hydrogen-bond acceptors (Lipinski definition) is 4. The van der Waals surface area contributed by atoms with Gasteiger partial charge in [-0.15, -0.1) is 0 Å². The molecule has 5 nitrogen and oxygen atoms in total. The molecule has 0 aliphatic heterocycles. The van der Waals surface area contributed by atoms with Crippen LogP contribution in [0.4, 0.5) is 11.4 Å². The maximum Gasteiger partial charge on any atom is 0.262 e. The molecule has 3 aromatic rings. The van der Waals surface area contributed by atoms with Crippen LogP contribution in [0.15, 0.2) is 71.6 Å². The number of methoxy groups -OCH3 is 1. The average Bonchev–Trinajstić information content (AvgIpc) is 2.77. The molecule has 0 amide bonds. The standard InChI is InChI=1S/C25H30N2O3S/c1-5-27(6-2)23-13-9-20(10-14-23)17-21-18-24(30-4)15-16-25(21)31(28,29)26-22-11-7-19(3)8-12-22/h7-16,18,26H,5-6,17H2,1-4H3. The number of aryl methyl sites for hydroxylation is 1. The molecule has 0 bridgehead atoms. The number of ether oxygens (including phenoxy) is 1. The summed E-state index contributed by atoms with van der Waals surface area (Å²) in [7, 11) is -2.17. The summed E-state index contributed by atoms with van der Waals surface area (Å²) in [5.74, 6) is 0.629. The van der Waals surface area contributed by atoms with E-state index in [0.29, 0.717) is 23.4 Å². The van der Waals surface area contributed by atoms with Crippen molar-refractivity contribution in [3.8, 4) is 5.75 Å². The van der Waals surface area contributed by atoms with E-state index >= 15 is 0 Å². The largest absolute Gasteiger partial charge is 0.497 e. The Kier molecular flexibility index (Phi) is 7.23. The summed E-state index contributed by atoms with van der Waals surface area (Å²) >= 11 is 0. The van der Waals surface area contributed by atoms with E-state index in [1.165, 1.54) is 0 Å². The van der Waals surface area contributed by atoms with E-state index in [1.807, 2.05) is 19.1 Å². The minimum atomic E-state index is -3.75. The van der Waals surface area contributed by atoms with Crippen molar-refractivity contribution in [2.75, 3.05) is 29.8 Å². The van der Waals surface area contributed by atoms with Gasteiger partial charge in [0, 0.05) is 24.5 Å². The monoisotopic (exact) mass is 438 g/mol. The Morgan fingerprint density at radius 1 is 0.903 bits per heavy atom. The van der Waals surface area contributed by atoms with Gasteiger partial charge in [0.1, 0.15) is 5.75 Å². The Morgan fingerprint density at radius 3 is 2.13 bits per heavy atom. The first kappa shape index (κ1) is 22.7. The summed E-state index contributed by atoms with van der Waals surface area (Å²) in [6.45, 7) is 8.11. The SMILES string of the molecule is CCN(CC)c1ccc(Cc2cc(OC)ccc2S(=O)(=O)Nc2ccc(C)cc2)cc1. The number of nitrogens with one attached hydrogen (secondary N) is 1. The van der Waals surface area contributed by atoms with Crippen molar-refractivity contribution in [2.45, 2.75) is 32.1 Å². The van der Waals surface area contributed by atoms with Crippen LogP contribution in [0.3, 0.4) is 0 Å². The molecule has 0 saturated carbocycles. The second kappa shape index (κ2) is 9.88. The minimum Gasteiger partial charge on any atom is -0.497 e. The van der Waals surface area contributed by atoms with Gasteiger partial charge in [-0.25, -0.2) is 8.42 Å². The summed E-state index contributed by atoms with van der Waals surface area (Å²) in [6.07, 6.45) is 0.486. The number of hydrogen-bond donors (Lipinski definition) is 1. The van der Waals surface area contributed by atoms with E-state index in [0.717, 1.165) is 29.9 Å². The maximum absolute atomic E-state index is 13.2. The molecule has 0 unspecified atom stereocenters. The van der Waals surface area contributed by atoms with Gasteiger partial charge in [-0.05, 0) is 80.8 Å². The van der Waals surface area contributed by atoms with Crippen molar-refractivity contribution >= 4 is 21.4 Å². The molecule has 3 aromatic carbocycles. The third kappa shape index (κ3) is 5.58. The smallest absolute Gasteiger partial charge is 0.262 e. The zero-order valence-electron chi connectivity index (χ0n) is 18.6. The lowest BCUT2D eigenvalue weighted by Crippen LogP contribution is -2.21. The summed E-state index contributed by atoms with van der Waals surface area (Å²) in [5.41, 5.74) is 4.50. The summed E-state index contributed by atoms with van der Waals surface area (Å²) < 4.78 is 34.4. The molecule has 3 rings (SSSR count). The van der Waals surface area contributed by atoms with Gasteiger partial charge in [-0.2, -0.15) is 0 Å². The molecule has 0 heterocycles. The first-order valence-electron chi connectivity index (χ1n) is 10.5. The van der Waals surface area contributed by atoms with Gasteiger partial charge in [0.05, 0.1) is 12.0 Å². The van der Waals surface area contributed by atoms with Gasteiger partial charge in [0.25, 0.3) is 10.0 Å². The predicted molar refractivity (Wildman–Crippen MR) is 128 cm³/mol. The highest BCUT2D eigenvalue weighted by molar-refractivity contribution is 7.92. The first-order valence-corrected chi connectivity index (χ1v) is 11.9. The van der Waals surface area contributed by atoms with Crippen molar-refractivity contribution in [3.05, 3.63) is 83.4 Å². The first-order chi connectivity index (χ1) is 14.9. The Hall–Kier alpha value is -2.99. The molecule has 6 heteroatoms. The zero-order chi connectivity index (χ0) is 22.4. The molecule has 0 aliphatic rings. The number of benzene rings is 3. The molecule has 0 aliphatic carbocycles. The summed E-state index contributed by atoms with van der Waals surface area (Å²) in [6, 6.07) is 20.6.